The van der Waals surface area contributed by atoms with Gasteiger partial charge < -0.3 is 10.4 Å². The minimum Gasteiger partial charge on any atom is -0.481 e. The van der Waals surface area contributed by atoms with Gasteiger partial charge in [-0.2, -0.15) is 10.2 Å². The number of carboxylic acids is 1. The van der Waals surface area contributed by atoms with Crippen LogP contribution >= 0.6 is 0 Å². The Bertz CT molecular complexity index is 1270. The molecule has 1 amide bonds. The summed E-state index contributed by atoms with van der Waals surface area (Å²) in [6.45, 7) is 4.59. The van der Waals surface area contributed by atoms with Crippen LogP contribution in [0.5, 0.6) is 0 Å². The molecular weight excluding hydrogens is 394 g/mol. The molecule has 0 unspecified atom stereocenters. The lowest BCUT2D eigenvalue weighted by Crippen LogP contribution is -2.13. The molecule has 31 heavy (non-hydrogen) atoms. The number of hydrogen-bond donors (Lipinski definition) is 2. The van der Waals surface area contributed by atoms with Gasteiger partial charge in [0.1, 0.15) is 0 Å². The fraction of sp³-hybridized carbons (Fsp3) is 0.217. The Morgan fingerprint density at radius 3 is 2.68 bits per heavy atom. The highest BCUT2D eigenvalue weighted by Gasteiger charge is 2.17. The van der Waals surface area contributed by atoms with Crippen molar-refractivity contribution in [3.8, 4) is 0 Å². The molecule has 0 bridgehead atoms. The van der Waals surface area contributed by atoms with Crippen molar-refractivity contribution in [2.24, 2.45) is 0 Å². The molecule has 0 atom stereocenters. The summed E-state index contributed by atoms with van der Waals surface area (Å²) in [5.41, 5.74) is 3.78. The fourth-order valence-electron chi connectivity index (χ4n) is 3.62. The van der Waals surface area contributed by atoms with E-state index in [1.165, 1.54) is 21.7 Å². The van der Waals surface area contributed by atoms with Gasteiger partial charge in [-0.25, -0.2) is 0 Å². The van der Waals surface area contributed by atoms with Gasteiger partial charge >= 0.3 is 5.97 Å². The number of hydrogen-bond acceptors (Lipinski definition) is 4. The van der Waals surface area contributed by atoms with Gasteiger partial charge in [-0.15, -0.1) is 0 Å². The molecular formula is C23H23N5O3. The van der Waals surface area contributed by atoms with Crippen molar-refractivity contribution >= 4 is 28.3 Å². The summed E-state index contributed by atoms with van der Waals surface area (Å²) in [7, 11) is 0. The van der Waals surface area contributed by atoms with E-state index in [0.717, 1.165) is 17.0 Å². The number of carbonyl (C=O) groups excluding carboxylic acids is 1. The number of carboxylic acid groups (broad SMARTS) is 1. The molecule has 2 heterocycles. The summed E-state index contributed by atoms with van der Waals surface area (Å²) in [5.74, 6) is -1.22. The number of anilines is 1. The number of aryl methyl sites for hydroxylation is 2. The van der Waals surface area contributed by atoms with Crippen LogP contribution in [-0.4, -0.2) is 36.5 Å². The first-order chi connectivity index (χ1) is 14.9. The van der Waals surface area contributed by atoms with Crippen LogP contribution in [0.4, 0.5) is 5.69 Å². The Kier molecular flexibility index (Phi) is 5.53. The molecule has 2 N–H and O–H groups in total. The van der Waals surface area contributed by atoms with E-state index in [0.29, 0.717) is 17.8 Å². The van der Waals surface area contributed by atoms with E-state index in [1.54, 1.807) is 6.20 Å². The van der Waals surface area contributed by atoms with E-state index in [-0.39, 0.29) is 18.9 Å². The monoisotopic (exact) mass is 417 g/mol. The largest absolute Gasteiger partial charge is 0.481 e. The van der Waals surface area contributed by atoms with E-state index in [1.807, 2.05) is 36.7 Å². The first-order valence-corrected chi connectivity index (χ1v) is 9.98. The van der Waals surface area contributed by atoms with Crippen molar-refractivity contribution < 1.29 is 14.7 Å². The van der Waals surface area contributed by atoms with Gasteiger partial charge in [0.2, 0.25) is 0 Å². The third-order valence-electron chi connectivity index (χ3n) is 5.27. The third kappa shape index (κ3) is 4.32. The number of rotatable bonds is 7. The Morgan fingerprint density at radius 1 is 1.10 bits per heavy atom. The number of aliphatic carboxylic acids is 1. The van der Waals surface area contributed by atoms with Crippen LogP contribution in [-0.2, 0) is 17.9 Å². The second-order valence-corrected chi connectivity index (χ2v) is 7.43. The average Bonchev–Trinajstić information content (AvgIpc) is 3.33. The lowest BCUT2D eigenvalue weighted by atomic mass is 10.0. The van der Waals surface area contributed by atoms with E-state index in [9.17, 15) is 9.59 Å². The van der Waals surface area contributed by atoms with Crippen LogP contribution in [0, 0.1) is 13.8 Å². The van der Waals surface area contributed by atoms with Crippen LogP contribution in [0.1, 0.15) is 33.7 Å². The lowest BCUT2D eigenvalue weighted by molar-refractivity contribution is -0.137. The van der Waals surface area contributed by atoms with E-state index in [4.69, 9.17) is 5.11 Å². The minimum absolute atomic E-state index is 0.0537. The Balaban J connectivity index is 1.53. The minimum atomic E-state index is -0.911. The van der Waals surface area contributed by atoms with Gasteiger partial charge in [0.15, 0.2) is 0 Å². The molecule has 2 aromatic carbocycles. The zero-order chi connectivity index (χ0) is 22.0. The van der Waals surface area contributed by atoms with Crippen molar-refractivity contribution in [3.63, 3.8) is 0 Å². The normalized spacial score (nSPS) is 11.0. The summed E-state index contributed by atoms with van der Waals surface area (Å²) in [5, 5.41) is 22.7. The molecule has 0 saturated carbocycles. The first-order valence-electron chi connectivity index (χ1n) is 9.98. The summed E-state index contributed by atoms with van der Waals surface area (Å²) < 4.78 is 3.34. The molecule has 0 spiro atoms. The number of aromatic nitrogens is 4. The maximum absolute atomic E-state index is 12.7. The van der Waals surface area contributed by atoms with Gasteiger partial charge in [0.25, 0.3) is 5.91 Å². The third-order valence-corrected chi connectivity index (χ3v) is 5.27. The lowest BCUT2D eigenvalue weighted by Gasteiger charge is -2.09. The summed E-state index contributed by atoms with van der Waals surface area (Å²) in [6.07, 6.45) is 2.92. The zero-order valence-corrected chi connectivity index (χ0v) is 17.4. The smallest absolute Gasteiger partial charge is 0.305 e. The molecule has 2 aromatic heterocycles. The number of fused-ring (bicyclic) bond motifs is 1. The summed E-state index contributed by atoms with van der Waals surface area (Å²) >= 11 is 0. The molecule has 8 nitrogen and oxygen atoms in total. The van der Waals surface area contributed by atoms with Gasteiger partial charge in [-0.1, -0.05) is 42.5 Å². The summed E-state index contributed by atoms with van der Waals surface area (Å²) in [6, 6.07) is 14.4. The van der Waals surface area contributed by atoms with Crippen LogP contribution in [0.3, 0.4) is 0 Å². The van der Waals surface area contributed by atoms with Crippen molar-refractivity contribution in [3.05, 3.63) is 77.4 Å². The highest BCUT2D eigenvalue weighted by atomic mass is 16.4. The second-order valence-electron chi connectivity index (χ2n) is 7.43. The molecule has 4 aromatic rings. The molecule has 4 rings (SSSR count). The second kappa shape index (κ2) is 8.43. The molecule has 158 valence electrons. The standard InChI is InChI=1S/C23H23N5O3/c1-15-22(25-23(31)19-12-24-27(13-19)11-10-21(29)30)16(2)28(26-15)14-18-8-5-7-17-6-3-4-9-20(17)18/h3-9,12-13H,10-11,14H2,1-2H3,(H,25,31)(H,29,30). The Labute approximate surface area is 179 Å². The van der Waals surface area contributed by atoms with E-state index < -0.39 is 5.97 Å². The number of nitrogens with one attached hydrogen (secondary N) is 1. The first kappa shape index (κ1) is 20.3. The van der Waals surface area contributed by atoms with Gasteiger partial charge in [0.05, 0.1) is 48.3 Å². The molecule has 0 saturated heterocycles. The van der Waals surface area contributed by atoms with Crippen molar-refractivity contribution in [1.82, 2.24) is 19.6 Å². The maximum atomic E-state index is 12.7. The molecule has 0 aliphatic rings. The topological polar surface area (TPSA) is 102 Å². The number of nitrogens with zero attached hydrogens (tertiary/aromatic N) is 4. The summed E-state index contributed by atoms with van der Waals surface area (Å²) in [4.78, 5) is 23.4. The molecule has 0 aliphatic heterocycles. The SMILES string of the molecule is Cc1nn(Cc2cccc3ccccc23)c(C)c1NC(=O)c1cnn(CCC(=O)O)c1. The molecule has 0 radical (unpaired) electrons. The maximum Gasteiger partial charge on any atom is 0.305 e. The van der Waals surface area contributed by atoms with Crippen molar-refractivity contribution in [1.29, 1.82) is 0 Å². The van der Waals surface area contributed by atoms with E-state index in [2.05, 4.69) is 39.8 Å². The van der Waals surface area contributed by atoms with E-state index >= 15 is 0 Å². The highest BCUT2D eigenvalue weighted by molar-refractivity contribution is 6.04. The van der Waals surface area contributed by atoms with Crippen LogP contribution in [0.15, 0.2) is 54.9 Å². The van der Waals surface area contributed by atoms with Crippen molar-refractivity contribution in [2.45, 2.75) is 33.4 Å². The zero-order valence-electron chi connectivity index (χ0n) is 17.4. The number of amides is 1. The highest BCUT2D eigenvalue weighted by Crippen LogP contribution is 2.24. The Morgan fingerprint density at radius 2 is 1.87 bits per heavy atom. The predicted molar refractivity (Wildman–Crippen MR) is 117 cm³/mol. The van der Waals surface area contributed by atoms with Crippen molar-refractivity contribution in [2.75, 3.05) is 5.32 Å². The number of benzene rings is 2. The Hall–Kier alpha value is -3.94. The van der Waals surface area contributed by atoms with Gasteiger partial charge in [0, 0.05) is 6.20 Å². The molecule has 0 aliphatic carbocycles. The van der Waals surface area contributed by atoms with Crippen LogP contribution in [0.2, 0.25) is 0 Å². The number of carbonyl (C=O) groups is 2. The molecule has 0 fully saturated rings. The molecule has 8 heteroatoms. The predicted octanol–water partition coefficient (Wildman–Crippen LogP) is 3.62. The van der Waals surface area contributed by atoms with Gasteiger partial charge in [-0.05, 0) is 30.2 Å². The average molecular weight is 417 g/mol. The quantitative estimate of drug-likeness (QED) is 0.478. The van der Waals surface area contributed by atoms with Crippen LogP contribution < -0.4 is 5.32 Å². The van der Waals surface area contributed by atoms with Gasteiger partial charge in [-0.3, -0.25) is 19.0 Å². The van der Waals surface area contributed by atoms with Crippen LogP contribution in [0.25, 0.3) is 10.8 Å². The fourth-order valence-corrected chi connectivity index (χ4v) is 3.62.